The van der Waals surface area contributed by atoms with E-state index in [2.05, 4.69) is 27.0 Å². The fourth-order valence-corrected chi connectivity index (χ4v) is 2.19. The van der Waals surface area contributed by atoms with Crippen LogP contribution in [-0.2, 0) is 0 Å². The van der Waals surface area contributed by atoms with Gasteiger partial charge in [0.05, 0.1) is 5.56 Å². The fraction of sp³-hybridized carbons (Fsp3) is 0.0769. The highest BCUT2D eigenvalue weighted by Gasteiger charge is 2.04. The largest absolute Gasteiger partial charge is 0.345 e. The van der Waals surface area contributed by atoms with Gasteiger partial charge in [-0.05, 0) is 36.2 Å². The Morgan fingerprint density at radius 1 is 1.29 bits per heavy atom. The molecule has 0 bridgehead atoms. The molecule has 0 saturated heterocycles. The lowest BCUT2D eigenvalue weighted by Gasteiger charge is -2.05. The van der Waals surface area contributed by atoms with Crippen LogP contribution in [0.1, 0.15) is 11.1 Å². The summed E-state index contributed by atoms with van der Waals surface area (Å²) in [5, 5.41) is 8.95. The van der Waals surface area contributed by atoms with Gasteiger partial charge in [0.15, 0.2) is 0 Å². The van der Waals surface area contributed by atoms with Gasteiger partial charge in [0.2, 0.25) is 0 Å². The zero-order chi connectivity index (χ0) is 12.4. The molecule has 0 aliphatic heterocycles. The number of nitrogens with zero attached hydrogens (tertiary/aromatic N) is 1. The van der Waals surface area contributed by atoms with Crippen molar-refractivity contribution in [2.45, 2.75) is 6.92 Å². The molecule has 0 spiro atoms. The molecular weight excluding hydrogens is 296 g/mol. The molecule has 1 heterocycles. The standard InChI is InChI=1S/C13H9BrN2S/c1-8-6-12(16-13(17)11(8)7-15)9-2-4-10(14)5-3-9/h2-6H,1H3,(H,16,17). The van der Waals surface area contributed by atoms with Gasteiger partial charge < -0.3 is 4.98 Å². The lowest BCUT2D eigenvalue weighted by Crippen LogP contribution is -1.91. The minimum absolute atomic E-state index is 0.491. The molecule has 0 unspecified atom stereocenters. The smallest absolute Gasteiger partial charge is 0.121 e. The van der Waals surface area contributed by atoms with Crippen LogP contribution in [0.5, 0.6) is 0 Å². The maximum Gasteiger partial charge on any atom is 0.121 e. The highest BCUT2D eigenvalue weighted by molar-refractivity contribution is 9.10. The van der Waals surface area contributed by atoms with E-state index in [-0.39, 0.29) is 0 Å². The molecular formula is C13H9BrN2S. The fourth-order valence-electron chi connectivity index (χ4n) is 1.61. The van der Waals surface area contributed by atoms with Crippen LogP contribution in [0.15, 0.2) is 34.8 Å². The van der Waals surface area contributed by atoms with Crippen LogP contribution in [0.25, 0.3) is 11.3 Å². The minimum atomic E-state index is 0.491. The number of nitrogens with one attached hydrogen (secondary N) is 1. The second kappa shape index (κ2) is 4.82. The average Bonchev–Trinajstić information content (AvgIpc) is 2.29. The topological polar surface area (TPSA) is 39.6 Å². The van der Waals surface area contributed by atoms with Crippen molar-refractivity contribution in [2.24, 2.45) is 0 Å². The van der Waals surface area contributed by atoms with Gasteiger partial charge in [-0.2, -0.15) is 5.26 Å². The molecule has 0 saturated carbocycles. The van der Waals surface area contributed by atoms with Gasteiger partial charge in [-0.25, -0.2) is 0 Å². The predicted molar refractivity (Wildman–Crippen MR) is 74.2 cm³/mol. The molecule has 0 aliphatic carbocycles. The summed E-state index contributed by atoms with van der Waals surface area (Å²) in [5.74, 6) is 0. The van der Waals surface area contributed by atoms with Crippen LogP contribution in [-0.4, -0.2) is 4.98 Å². The minimum Gasteiger partial charge on any atom is -0.345 e. The molecule has 0 atom stereocenters. The number of pyridine rings is 1. The molecule has 2 nitrogen and oxygen atoms in total. The summed E-state index contributed by atoms with van der Waals surface area (Å²) in [4.78, 5) is 3.08. The van der Waals surface area contributed by atoms with Crippen molar-refractivity contribution in [1.82, 2.24) is 4.98 Å². The molecule has 1 N–H and O–H groups in total. The maximum absolute atomic E-state index is 8.95. The summed E-state index contributed by atoms with van der Waals surface area (Å²) in [5.41, 5.74) is 3.42. The number of halogens is 1. The highest BCUT2D eigenvalue weighted by atomic mass is 79.9. The van der Waals surface area contributed by atoms with E-state index in [0.29, 0.717) is 10.2 Å². The molecule has 0 aliphatic rings. The lowest BCUT2D eigenvalue weighted by atomic mass is 10.1. The van der Waals surface area contributed by atoms with Crippen LogP contribution in [0.2, 0.25) is 0 Å². The Labute approximate surface area is 113 Å². The molecule has 1 aromatic heterocycles. The SMILES string of the molecule is Cc1cc(-c2ccc(Br)cc2)[nH]c(=S)c1C#N. The zero-order valence-electron chi connectivity index (χ0n) is 9.12. The van der Waals surface area contributed by atoms with Gasteiger partial charge in [0.25, 0.3) is 0 Å². The van der Waals surface area contributed by atoms with E-state index in [9.17, 15) is 0 Å². The van der Waals surface area contributed by atoms with Crippen molar-refractivity contribution >= 4 is 28.1 Å². The van der Waals surface area contributed by atoms with E-state index in [0.717, 1.165) is 21.3 Å². The Morgan fingerprint density at radius 2 is 1.94 bits per heavy atom. The predicted octanol–water partition coefficient (Wildman–Crippen LogP) is 4.35. The summed E-state index contributed by atoms with van der Waals surface area (Å²) in [6, 6.07) is 12.0. The Balaban J connectivity index is 2.59. The summed E-state index contributed by atoms with van der Waals surface area (Å²) >= 11 is 8.56. The Kier molecular flexibility index (Phi) is 3.41. The number of rotatable bonds is 1. The van der Waals surface area contributed by atoms with Gasteiger partial charge >= 0.3 is 0 Å². The van der Waals surface area contributed by atoms with Gasteiger partial charge in [-0.3, -0.25) is 0 Å². The molecule has 0 radical (unpaired) electrons. The molecule has 1 aromatic carbocycles. The molecule has 0 fully saturated rings. The van der Waals surface area contributed by atoms with Crippen molar-refractivity contribution in [2.75, 3.05) is 0 Å². The van der Waals surface area contributed by atoms with E-state index < -0.39 is 0 Å². The number of nitriles is 1. The second-order valence-electron chi connectivity index (χ2n) is 3.69. The van der Waals surface area contributed by atoms with Gasteiger partial charge in [0, 0.05) is 10.2 Å². The number of hydrogen-bond acceptors (Lipinski definition) is 2. The first-order valence-electron chi connectivity index (χ1n) is 5.02. The molecule has 4 heteroatoms. The summed E-state index contributed by atoms with van der Waals surface area (Å²) in [6.45, 7) is 1.89. The average molecular weight is 305 g/mol. The quantitative estimate of drug-likeness (QED) is 0.795. The van der Waals surface area contributed by atoms with E-state index >= 15 is 0 Å². The first-order chi connectivity index (χ1) is 8.11. The van der Waals surface area contributed by atoms with Crippen molar-refractivity contribution in [3.8, 4) is 17.3 Å². The van der Waals surface area contributed by atoms with E-state index in [1.54, 1.807) is 0 Å². The third-order valence-corrected chi connectivity index (χ3v) is 3.33. The Morgan fingerprint density at radius 3 is 2.47 bits per heavy atom. The summed E-state index contributed by atoms with van der Waals surface area (Å²) in [7, 11) is 0. The molecule has 0 amide bonds. The number of hydrogen-bond donors (Lipinski definition) is 1. The van der Waals surface area contributed by atoms with E-state index in [1.165, 1.54) is 0 Å². The van der Waals surface area contributed by atoms with Crippen molar-refractivity contribution in [3.63, 3.8) is 0 Å². The van der Waals surface area contributed by atoms with Crippen LogP contribution >= 0.6 is 28.1 Å². The molecule has 84 valence electrons. The van der Waals surface area contributed by atoms with E-state index in [4.69, 9.17) is 17.5 Å². The summed E-state index contributed by atoms with van der Waals surface area (Å²) in [6.07, 6.45) is 0. The normalized spacial score (nSPS) is 9.94. The van der Waals surface area contributed by atoms with Gasteiger partial charge in [-0.15, -0.1) is 0 Å². The Hall–Kier alpha value is -1.44. The monoisotopic (exact) mass is 304 g/mol. The second-order valence-corrected chi connectivity index (χ2v) is 5.01. The van der Waals surface area contributed by atoms with Crippen LogP contribution in [0, 0.1) is 22.9 Å². The number of H-pyrrole nitrogens is 1. The van der Waals surface area contributed by atoms with E-state index in [1.807, 2.05) is 37.3 Å². The lowest BCUT2D eigenvalue weighted by molar-refractivity contribution is 1.23. The number of aryl methyl sites for hydroxylation is 1. The van der Waals surface area contributed by atoms with Crippen LogP contribution < -0.4 is 0 Å². The van der Waals surface area contributed by atoms with Crippen molar-refractivity contribution < 1.29 is 0 Å². The van der Waals surface area contributed by atoms with Gasteiger partial charge in [-0.1, -0.05) is 40.3 Å². The Bertz CT molecular complexity index is 651. The van der Waals surface area contributed by atoms with Gasteiger partial charge in [0.1, 0.15) is 10.7 Å². The summed E-state index contributed by atoms with van der Waals surface area (Å²) < 4.78 is 1.52. The third-order valence-electron chi connectivity index (χ3n) is 2.50. The first kappa shape index (κ1) is 12.0. The zero-order valence-corrected chi connectivity index (χ0v) is 11.5. The van der Waals surface area contributed by atoms with Crippen LogP contribution in [0.3, 0.4) is 0 Å². The van der Waals surface area contributed by atoms with Crippen LogP contribution in [0.4, 0.5) is 0 Å². The number of benzene rings is 1. The first-order valence-corrected chi connectivity index (χ1v) is 6.22. The highest BCUT2D eigenvalue weighted by Crippen LogP contribution is 2.22. The molecule has 17 heavy (non-hydrogen) atoms. The number of aromatic amines is 1. The maximum atomic E-state index is 8.95. The number of aromatic nitrogens is 1. The molecule has 2 rings (SSSR count). The van der Waals surface area contributed by atoms with Crippen molar-refractivity contribution in [3.05, 3.63) is 50.6 Å². The third kappa shape index (κ3) is 2.46. The molecule has 2 aromatic rings. The van der Waals surface area contributed by atoms with Crippen molar-refractivity contribution in [1.29, 1.82) is 5.26 Å².